The summed E-state index contributed by atoms with van der Waals surface area (Å²) in [6.45, 7) is 0. The van der Waals surface area contributed by atoms with Crippen molar-refractivity contribution in [3.8, 4) is 22.8 Å². The first-order valence-corrected chi connectivity index (χ1v) is 13.0. The average molecular weight is 479 g/mol. The Hall–Kier alpha value is -3.49. The predicted octanol–water partition coefficient (Wildman–Crippen LogP) is 5.55. The third-order valence-electron chi connectivity index (χ3n) is 4.75. The van der Waals surface area contributed by atoms with Crippen molar-refractivity contribution in [2.45, 2.75) is 12.2 Å². The number of ether oxygens (including phenoxy) is 1. The molecule has 4 rings (SSSR count). The first-order valence-electron chi connectivity index (χ1n) is 10.3. The van der Waals surface area contributed by atoms with Gasteiger partial charge in [-0.2, -0.15) is 0 Å². The standard InChI is InChI=1S/C25H22N2O4S2/c28-24(15-16-33(29,30)18-19-7-3-1-4-8-19)27-25-26-23(17-32-25)20-11-13-22(14-12-20)31-21-9-5-2-6-10-21/h1-14,17H,15-16,18H2,(H,26,27,28). The van der Waals surface area contributed by atoms with Gasteiger partial charge in [0.2, 0.25) is 5.91 Å². The summed E-state index contributed by atoms with van der Waals surface area (Å²) in [6.07, 6.45) is -0.115. The normalized spacial score (nSPS) is 11.2. The minimum atomic E-state index is -3.38. The van der Waals surface area contributed by atoms with Gasteiger partial charge in [-0.3, -0.25) is 4.79 Å². The molecular formula is C25H22N2O4S2. The SMILES string of the molecule is O=C(CCS(=O)(=O)Cc1ccccc1)Nc1nc(-c2ccc(Oc3ccccc3)cc2)cs1. The largest absolute Gasteiger partial charge is 0.457 e. The summed E-state index contributed by atoms with van der Waals surface area (Å²) < 4.78 is 30.4. The molecule has 6 nitrogen and oxygen atoms in total. The predicted molar refractivity (Wildman–Crippen MR) is 131 cm³/mol. The molecule has 33 heavy (non-hydrogen) atoms. The number of amides is 1. The van der Waals surface area contributed by atoms with E-state index in [1.165, 1.54) is 11.3 Å². The van der Waals surface area contributed by atoms with Gasteiger partial charge in [0.05, 0.1) is 17.2 Å². The molecule has 0 aliphatic heterocycles. The minimum absolute atomic E-state index is 0.0769. The van der Waals surface area contributed by atoms with Crippen molar-refractivity contribution in [3.05, 3.63) is 95.9 Å². The van der Waals surface area contributed by atoms with E-state index < -0.39 is 9.84 Å². The Bertz CT molecular complexity index is 1300. The quantitative estimate of drug-likeness (QED) is 0.341. The summed E-state index contributed by atoms with van der Waals surface area (Å²) in [5.41, 5.74) is 2.32. The van der Waals surface area contributed by atoms with E-state index in [1.54, 1.807) is 24.3 Å². The van der Waals surface area contributed by atoms with Gasteiger partial charge in [-0.1, -0.05) is 48.5 Å². The minimum Gasteiger partial charge on any atom is -0.457 e. The van der Waals surface area contributed by atoms with Crippen molar-refractivity contribution in [1.29, 1.82) is 0 Å². The fraction of sp³-hybridized carbons (Fsp3) is 0.120. The number of thiazole rings is 1. The number of nitrogens with zero attached hydrogens (tertiary/aromatic N) is 1. The highest BCUT2D eigenvalue weighted by Gasteiger charge is 2.16. The Labute approximate surface area is 196 Å². The smallest absolute Gasteiger partial charge is 0.227 e. The third-order valence-corrected chi connectivity index (χ3v) is 7.11. The molecule has 8 heteroatoms. The summed E-state index contributed by atoms with van der Waals surface area (Å²) in [6, 6.07) is 26.0. The first kappa shape index (κ1) is 22.7. The van der Waals surface area contributed by atoms with Crippen molar-refractivity contribution >= 4 is 32.2 Å². The zero-order chi connectivity index (χ0) is 23.1. The molecule has 1 amide bonds. The number of carbonyl (C=O) groups excluding carboxylic acids is 1. The molecule has 0 bridgehead atoms. The molecule has 0 saturated heterocycles. The molecule has 0 aliphatic rings. The van der Waals surface area contributed by atoms with Gasteiger partial charge in [0.1, 0.15) is 11.5 Å². The van der Waals surface area contributed by atoms with Crippen molar-refractivity contribution in [2.24, 2.45) is 0 Å². The van der Waals surface area contributed by atoms with Crippen LogP contribution in [0, 0.1) is 0 Å². The molecule has 0 atom stereocenters. The lowest BCUT2D eigenvalue weighted by atomic mass is 10.2. The van der Waals surface area contributed by atoms with E-state index >= 15 is 0 Å². The summed E-state index contributed by atoms with van der Waals surface area (Å²) in [5.74, 6) is 0.806. The van der Waals surface area contributed by atoms with Crippen LogP contribution in [0.1, 0.15) is 12.0 Å². The van der Waals surface area contributed by atoms with Gasteiger partial charge in [0.15, 0.2) is 15.0 Å². The van der Waals surface area contributed by atoms with Gasteiger partial charge in [-0.25, -0.2) is 13.4 Å². The molecule has 0 saturated carbocycles. The second kappa shape index (κ2) is 10.4. The van der Waals surface area contributed by atoms with Crippen LogP contribution in [0.3, 0.4) is 0 Å². The molecule has 1 heterocycles. The Morgan fingerprint density at radius 1 is 0.879 bits per heavy atom. The number of nitrogens with one attached hydrogen (secondary N) is 1. The van der Waals surface area contributed by atoms with Gasteiger partial charge in [-0.15, -0.1) is 11.3 Å². The van der Waals surface area contributed by atoms with Gasteiger partial charge in [-0.05, 0) is 42.0 Å². The van der Waals surface area contributed by atoms with E-state index in [9.17, 15) is 13.2 Å². The van der Waals surface area contributed by atoms with Crippen LogP contribution in [0.25, 0.3) is 11.3 Å². The average Bonchev–Trinajstić information content (AvgIpc) is 3.28. The molecule has 1 N–H and O–H groups in total. The van der Waals surface area contributed by atoms with Crippen molar-refractivity contribution in [2.75, 3.05) is 11.1 Å². The number of anilines is 1. The Kier molecular flexibility index (Phi) is 7.16. The van der Waals surface area contributed by atoms with E-state index in [0.717, 1.165) is 17.0 Å². The maximum Gasteiger partial charge on any atom is 0.227 e. The zero-order valence-electron chi connectivity index (χ0n) is 17.7. The third kappa shape index (κ3) is 6.74. The molecule has 168 valence electrons. The monoisotopic (exact) mass is 478 g/mol. The van der Waals surface area contributed by atoms with E-state index in [4.69, 9.17) is 4.74 Å². The van der Waals surface area contributed by atoms with Crippen molar-refractivity contribution < 1.29 is 17.9 Å². The van der Waals surface area contributed by atoms with Crippen LogP contribution in [0.4, 0.5) is 5.13 Å². The topological polar surface area (TPSA) is 85.4 Å². The summed E-state index contributed by atoms with van der Waals surface area (Å²) in [7, 11) is -3.38. The molecule has 0 fully saturated rings. The second-order valence-electron chi connectivity index (χ2n) is 7.35. The van der Waals surface area contributed by atoms with Gasteiger partial charge in [0, 0.05) is 17.4 Å². The number of hydrogen-bond acceptors (Lipinski definition) is 6. The van der Waals surface area contributed by atoms with Crippen molar-refractivity contribution in [1.82, 2.24) is 4.98 Å². The number of benzene rings is 3. The van der Waals surface area contributed by atoms with Crippen molar-refractivity contribution in [3.63, 3.8) is 0 Å². The maximum atomic E-state index is 12.3. The van der Waals surface area contributed by atoms with Crippen LogP contribution < -0.4 is 10.1 Å². The molecule has 3 aromatic carbocycles. The molecule has 0 aliphatic carbocycles. The second-order valence-corrected chi connectivity index (χ2v) is 10.4. The van der Waals surface area contributed by atoms with Gasteiger partial charge < -0.3 is 10.1 Å². The van der Waals surface area contributed by atoms with Crippen LogP contribution in [-0.4, -0.2) is 25.1 Å². The summed E-state index contributed by atoms with van der Waals surface area (Å²) >= 11 is 1.29. The fourth-order valence-electron chi connectivity index (χ4n) is 3.11. The fourth-order valence-corrected chi connectivity index (χ4v) is 5.19. The van der Waals surface area contributed by atoms with Gasteiger partial charge in [0.25, 0.3) is 0 Å². The lowest BCUT2D eigenvalue weighted by molar-refractivity contribution is -0.115. The highest BCUT2D eigenvalue weighted by atomic mass is 32.2. The molecule has 0 unspecified atom stereocenters. The number of aromatic nitrogens is 1. The number of sulfone groups is 1. The lowest BCUT2D eigenvalue weighted by Crippen LogP contribution is -2.18. The number of carbonyl (C=O) groups is 1. The number of rotatable bonds is 9. The molecular weight excluding hydrogens is 456 g/mol. The van der Waals surface area contributed by atoms with Crippen LogP contribution in [0.5, 0.6) is 11.5 Å². The number of para-hydroxylation sites is 1. The van der Waals surface area contributed by atoms with Gasteiger partial charge >= 0.3 is 0 Å². The Morgan fingerprint density at radius 3 is 2.21 bits per heavy atom. The number of hydrogen-bond donors (Lipinski definition) is 1. The Balaban J connectivity index is 1.30. The van der Waals surface area contributed by atoms with Crippen LogP contribution in [-0.2, 0) is 20.4 Å². The molecule has 4 aromatic rings. The zero-order valence-corrected chi connectivity index (χ0v) is 19.3. The Morgan fingerprint density at radius 2 is 1.52 bits per heavy atom. The highest BCUT2D eigenvalue weighted by Crippen LogP contribution is 2.28. The summed E-state index contributed by atoms with van der Waals surface area (Å²) in [5, 5.41) is 4.96. The van der Waals surface area contributed by atoms with E-state index in [0.29, 0.717) is 16.4 Å². The maximum absolute atomic E-state index is 12.3. The molecule has 0 spiro atoms. The molecule has 1 aromatic heterocycles. The lowest BCUT2D eigenvalue weighted by Gasteiger charge is -2.06. The van der Waals surface area contributed by atoms with Crippen LogP contribution in [0.2, 0.25) is 0 Å². The molecule has 0 radical (unpaired) electrons. The van der Waals surface area contributed by atoms with E-state index in [2.05, 4.69) is 10.3 Å². The van der Waals surface area contributed by atoms with Crippen LogP contribution >= 0.6 is 11.3 Å². The van der Waals surface area contributed by atoms with E-state index in [-0.39, 0.29) is 23.8 Å². The summed E-state index contributed by atoms with van der Waals surface area (Å²) in [4.78, 5) is 16.7. The van der Waals surface area contributed by atoms with E-state index in [1.807, 2.05) is 66.0 Å². The first-order chi connectivity index (χ1) is 16.0. The highest BCUT2D eigenvalue weighted by molar-refractivity contribution is 7.90. The van der Waals surface area contributed by atoms with Crippen LogP contribution in [0.15, 0.2) is 90.3 Å².